The third-order valence-electron chi connectivity index (χ3n) is 3.56. The maximum atomic E-state index is 5.73. The van der Waals surface area contributed by atoms with Crippen molar-refractivity contribution >= 4 is 0 Å². The lowest BCUT2D eigenvalue weighted by molar-refractivity contribution is 0.0343. The average Bonchev–Trinajstić information content (AvgIpc) is 2.46. The molecule has 1 atom stereocenters. The van der Waals surface area contributed by atoms with Crippen molar-refractivity contribution in [1.82, 2.24) is 10.2 Å². The molecule has 0 amide bonds. The van der Waals surface area contributed by atoms with Crippen LogP contribution in [0, 0.1) is 0 Å². The van der Waals surface area contributed by atoms with E-state index in [0.717, 1.165) is 45.1 Å². The van der Waals surface area contributed by atoms with Crippen molar-refractivity contribution in [2.75, 3.05) is 32.8 Å². The highest BCUT2D eigenvalue weighted by Gasteiger charge is 2.13. The summed E-state index contributed by atoms with van der Waals surface area (Å²) in [6.07, 6.45) is 0.216. The topological polar surface area (TPSA) is 33.7 Å². The Hall–Kier alpha value is -1.10. The van der Waals surface area contributed by atoms with E-state index >= 15 is 0 Å². The molecule has 0 aliphatic carbocycles. The summed E-state index contributed by atoms with van der Waals surface area (Å²) in [6.45, 7) is 12.1. The fourth-order valence-electron chi connectivity index (χ4n) is 2.53. The van der Waals surface area contributed by atoms with Gasteiger partial charge in [-0.3, -0.25) is 4.90 Å². The van der Waals surface area contributed by atoms with Gasteiger partial charge in [-0.2, -0.15) is 0 Å². The third kappa shape index (κ3) is 6.04. The molecule has 0 bridgehead atoms. The predicted octanol–water partition coefficient (Wildman–Crippen LogP) is 2.28. The Morgan fingerprint density at radius 3 is 2.71 bits per heavy atom. The minimum absolute atomic E-state index is 0.216. The zero-order valence-electron chi connectivity index (χ0n) is 13.5. The van der Waals surface area contributed by atoms with Gasteiger partial charge in [-0.15, -0.1) is 0 Å². The number of rotatable bonds is 7. The lowest BCUT2D eigenvalue weighted by Gasteiger charge is -2.29. The first-order chi connectivity index (χ1) is 10.1. The van der Waals surface area contributed by atoms with Crippen LogP contribution >= 0.6 is 0 Å². The molecule has 1 N–H and O–H groups in total. The van der Waals surface area contributed by atoms with Crippen LogP contribution in [0.2, 0.25) is 0 Å². The van der Waals surface area contributed by atoms with Gasteiger partial charge in [0.1, 0.15) is 5.75 Å². The zero-order valence-corrected chi connectivity index (χ0v) is 13.5. The van der Waals surface area contributed by atoms with E-state index in [0.29, 0.717) is 6.04 Å². The Morgan fingerprint density at radius 1 is 1.24 bits per heavy atom. The number of nitrogens with one attached hydrogen (secondary N) is 1. The maximum absolute atomic E-state index is 5.73. The van der Waals surface area contributed by atoms with Crippen LogP contribution in [-0.4, -0.2) is 49.9 Å². The lowest BCUT2D eigenvalue weighted by atomic mass is 10.2. The standard InChI is InChI=1S/C17H28N2O2/c1-14(2)21-17-6-4-5-16(11-17)12-18-15(3)13-19-7-9-20-10-8-19/h4-6,11,14-15,18H,7-10,12-13H2,1-3H3. The number of benzene rings is 1. The van der Waals surface area contributed by atoms with Crippen LogP contribution in [0.3, 0.4) is 0 Å². The van der Waals surface area contributed by atoms with Gasteiger partial charge < -0.3 is 14.8 Å². The van der Waals surface area contributed by atoms with E-state index in [1.165, 1.54) is 5.56 Å². The SMILES string of the molecule is CC(CN1CCOCC1)NCc1cccc(OC(C)C)c1. The molecule has 1 aliphatic heterocycles. The smallest absolute Gasteiger partial charge is 0.120 e. The summed E-state index contributed by atoms with van der Waals surface area (Å²) < 4.78 is 11.1. The summed E-state index contributed by atoms with van der Waals surface area (Å²) in [5, 5.41) is 3.59. The summed E-state index contributed by atoms with van der Waals surface area (Å²) in [4.78, 5) is 2.46. The van der Waals surface area contributed by atoms with E-state index in [1.54, 1.807) is 0 Å². The van der Waals surface area contributed by atoms with Gasteiger partial charge in [0.15, 0.2) is 0 Å². The van der Waals surface area contributed by atoms with Crippen molar-refractivity contribution in [3.05, 3.63) is 29.8 Å². The largest absolute Gasteiger partial charge is 0.491 e. The molecule has 21 heavy (non-hydrogen) atoms. The molecule has 118 valence electrons. The first kappa shape index (κ1) is 16.3. The summed E-state index contributed by atoms with van der Waals surface area (Å²) in [5.74, 6) is 0.949. The molecule has 4 heteroatoms. The van der Waals surface area contributed by atoms with Crippen LogP contribution in [-0.2, 0) is 11.3 Å². The minimum Gasteiger partial charge on any atom is -0.491 e. The highest BCUT2D eigenvalue weighted by Crippen LogP contribution is 2.15. The minimum atomic E-state index is 0.216. The molecule has 1 saturated heterocycles. The van der Waals surface area contributed by atoms with Gasteiger partial charge in [0, 0.05) is 32.2 Å². The van der Waals surface area contributed by atoms with Crippen molar-refractivity contribution in [2.24, 2.45) is 0 Å². The molecule has 1 aromatic carbocycles. The molecular weight excluding hydrogens is 264 g/mol. The molecule has 0 radical (unpaired) electrons. The first-order valence-corrected chi connectivity index (χ1v) is 7.92. The molecule has 0 aromatic heterocycles. The predicted molar refractivity (Wildman–Crippen MR) is 85.8 cm³/mol. The zero-order chi connectivity index (χ0) is 15.1. The Labute approximate surface area is 128 Å². The van der Waals surface area contributed by atoms with Crippen LogP contribution in [0.1, 0.15) is 26.3 Å². The molecule has 2 rings (SSSR count). The van der Waals surface area contributed by atoms with Crippen molar-refractivity contribution < 1.29 is 9.47 Å². The van der Waals surface area contributed by atoms with E-state index in [2.05, 4.69) is 49.2 Å². The quantitative estimate of drug-likeness (QED) is 0.836. The van der Waals surface area contributed by atoms with Crippen LogP contribution in [0.15, 0.2) is 24.3 Å². The van der Waals surface area contributed by atoms with E-state index in [9.17, 15) is 0 Å². The van der Waals surface area contributed by atoms with Crippen molar-refractivity contribution in [2.45, 2.75) is 39.5 Å². The molecular formula is C17H28N2O2. The number of nitrogens with zero attached hydrogens (tertiary/aromatic N) is 1. The van der Waals surface area contributed by atoms with Crippen LogP contribution in [0.25, 0.3) is 0 Å². The van der Waals surface area contributed by atoms with Gasteiger partial charge in [-0.25, -0.2) is 0 Å². The Morgan fingerprint density at radius 2 is 2.00 bits per heavy atom. The van der Waals surface area contributed by atoms with Gasteiger partial charge in [-0.05, 0) is 38.5 Å². The normalized spacial score (nSPS) is 17.9. The third-order valence-corrected chi connectivity index (χ3v) is 3.56. The summed E-state index contributed by atoms with van der Waals surface area (Å²) >= 11 is 0. The molecule has 1 heterocycles. The van der Waals surface area contributed by atoms with Crippen molar-refractivity contribution in [1.29, 1.82) is 0 Å². The van der Waals surface area contributed by atoms with Gasteiger partial charge in [-0.1, -0.05) is 12.1 Å². The highest BCUT2D eigenvalue weighted by molar-refractivity contribution is 5.28. The summed E-state index contributed by atoms with van der Waals surface area (Å²) in [6, 6.07) is 8.80. The number of morpholine rings is 1. The highest BCUT2D eigenvalue weighted by atomic mass is 16.5. The van der Waals surface area contributed by atoms with E-state index in [1.807, 2.05) is 6.07 Å². The summed E-state index contributed by atoms with van der Waals surface area (Å²) in [5.41, 5.74) is 1.27. The molecule has 1 aliphatic rings. The molecule has 1 fully saturated rings. The van der Waals surface area contributed by atoms with E-state index in [-0.39, 0.29) is 6.10 Å². The fraction of sp³-hybridized carbons (Fsp3) is 0.647. The number of hydrogen-bond acceptors (Lipinski definition) is 4. The van der Waals surface area contributed by atoms with Crippen LogP contribution < -0.4 is 10.1 Å². The van der Waals surface area contributed by atoms with Crippen molar-refractivity contribution in [3.63, 3.8) is 0 Å². The van der Waals surface area contributed by atoms with E-state index < -0.39 is 0 Å². The average molecular weight is 292 g/mol. The number of ether oxygens (including phenoxy) is 2. The van der Waals surface area contributed by atoms with Gasteiger partial charge in [0.05, 0.1) is 19.3 Å². The van der Waals surface area contributed by atoms with Gasteiger partial charge in [0.2, 0.25) is 0 Å². The van der Waals surface area contributed by atoms with Crippen LogP contribution in [0.4, 0.5) is 0 Å². The Balaban J connectivity index is 1.76. The van der Waals surface area contributed by atoms with Gasteiger partial charge in [0.25, 0.3) is 0 Å². The lowest BCUT2D eigenvalue weighted by Crippen LogP contribution is -2.44. The molecule has 0 spiro atoms. The fourth-order valence-corrected chi connectivity index (χ4v) is 2.53. The van der Waals surface area contributed by atoms with Crippen LogP contribution in [0.5, 0.6) is 5.75 Å². The first-order valence-electron chi connectivity index (χ1n) is 7.92. The maximum Gasteiger partial charge on any atom is 0.120 e. The Bertz CT molecular complexity index is 417. The van der Waals surface area contributed by atoms with Crippen molar-refractivity contribution in [3.8, 4) is 5.75 Å². The Kier molecular flexibility index (Phi) is 6.49. The monoisotopic (exact) mass is 292 g/mol. The summed E-state index contributed by atoms with van der Waals surface area (Å²) in [7, 11) is 0. The second kappa shape index (κ2) is 8.37. The van der Waals surface area contributed by atoms with Gasteiger partial charge >= 0.3 is 0 Å². The van der Waals surface area contributed by atoms with E-state index in [4.69, 9.17) is 9.47 Å². The second-order valence-electron chi connectivity index (χ2n) is 6.01. The molecule has 4 nitrogen and oxygen atoms in total. The molecule has 0 saturated carbocycles. The molecule has 1 aromatic rings. The number of hydrogen-bond donors (Lipinski definition) is 1. The second-order valence-corrected chi connectivity index (χ2v) is 6.01. The molecule has 1 unspecified atom stereocenters.